The van der Waals surface area contributed by atoms with Crippen molar-refractivity contribution in [1.29, 1.82) is 0 Å². The van der Waals surface area contributed by atoms with Crippen LogP contribution in [0.4, 0.5) is 0 Å². The van der Waals surface area contributed by atoms with Crippen LogP contribution in [-0.2, 0) is 24.9 Å². The first-order chi connectivity index (χ1) is 14.5. The molecule has 0 aliphatic rings. The zero-order valence-electron chi connectivity index (χ0n) is 17.3. The third-order valence-electron chi connectivity index (χ3n) is 4.83. The van der Waals surface area contributed by atoms with Gasteiger partial charge in [-0.05, 0) is 36.6 Å². The quantitative estimate of drug-likeness (QED) is 0.511. The number of hydrogen-bond donors (Lipinski definition) is 1. The summed E-state index contributed by atoms with van der Waals surface area (Å²) in [4.78, 5) is 20.9. The highest BCUT2D eigenvalue weighted by Crippen LogP contribution is 2.26. The van der Waals surface area contributed by atoms with E-state index in [9.17, 15) is 4.79 Å². The highest BCUT2D eigenvalue weighted by atomic mass is 16.5. The molecule has 154 valence electrons. The third-order valence-corrected chi connectivity index (χ3v) is 4.83. The van der Waals surface area contributed by atoms with E-state index in [0.29, 0.717) is 12.4 Å². The van der Waals surface area contributed by atoms with E-state index in [2.05, 4.69) is 32.5 Å². The van der Waals surface area contributed by atoms with Crippen molar-refractivity contribution in [2.45, 2.75) is 26.9 Å². The smallest absolute Gasteiger partial charge is 0.258 e. The maximum Gasteiger partial charge on any atom is 0.258 e. The third kappa shape index (κ3) is 4.32. The van der Waals surface area contributed by atoms with E-state index < -0.39 is 0 Å². The second kappa shape index (κ2) is 8.36. The van der Waals surface area contributed by atoms with Crippen LogP contribution in [0.15, 0.2) is 49.1 Å². The molecule has 1 amide bonds. The number of nitrogens with zero attached hydrogens (tertiary/aromatic N) is 5. The standard InChI is InChI=1S/C22H24N6O2/c1-15-9-16(2)25-21-20(15)22(26-27(21)3)30-13-19(29)24-11-17-5-4-6-18(10-17)12-28-8-7-23-14-28/h4-10,14H,11-13H2,1-3H3,(H,24,29). The topological polar surface area (TPSA) is 86.9 Å². The molecule has 0 spiro atoms. The van der Waals surface area contributed by atoms with Gasteiger partial charge in [0.15, 0.2) is 12.3 Å². The summed E-state index contributed by atoms with van der Waals surface area (Å²) < 4.78 is 9.39. The van der Waals surface area contributed by atoms with Crippen LogP contribution in [0, 0.1) is 13.8 Å². The first-order valence-electron chi connectivity index (χ1n) is 9.73. The van der Waals surface area contributed by atoms with Gasteiger partial charge < -0.3 is 14.6 Å². The summed E-state index contributed by atoms with van der Waals surface area (Å²) >= 11 is 0. The van der Waals surface area contributed by atoms with E-state index >= 15 is 0 Å². The number of fused-ring (bicyclic) bond motifs is 1. The second-order valence-electron chi connectivity index (χ2n) is 7.33. The molecular weight excluding hydrogens is 380 g/mol. The molecule has 0 radical (unpaired) electrons. The van der Waals surface area contributed by atoms with Gasteiger partial charge in [-0.2, -0.15) is 0 Å². The van der Waals surface area contributed by atoms with Gasteiger partial charge in [-0.3, -0.25) is 4.79 Å². The summed E-state index contributed by atoms with van der Waals surface area (Å²) in [5.41, 5.74) is 4.87. The number of hydrogen-bond acceptors (Lipinski definition) is 5. The minimum atomic E-state index is -0.202. The summed E-state index contributed by atoms with van der Waals surface area (Å²) in [6.07, 6.45) is 5.46. The Balaban J connectivity index is 1.35. The fourth-order valence-electron chi connectivity index (χ4n) is 3.46. The van der Waals surface area contributed by atoms with Crippen molar-refractivity contribution in [1.82, 2.24) is 29.6 Å². The Kier molecular flexibility index (Phi) is 5.47. The maximum absolute atomic E-state index is 12.3. The molecule has 8 heteroatoms. The highest BCUT2D eigenvalue weighted by molar-refractivity contribution is 5.85. The number of aromatic nitrogens is 5. The van der Waals surface area contributed by atoms with Crippen molar-refractivity contribution in [2.24, 2.45) is 7.05 Å². The monoisotopic (exact) mass is 404 g/mol. The van der Waals surface area contributed by atoms with Crippen molar-refractivity contribution in [3.05, 3.63) is 71.4 Å². The van der Waals surface area contributed by atoms with Gasteiger partial charge in [0.2, 0.25) is 5.88 Å². The van der Waals surface area contributed by atoms with Gasteiger partial charge in [0, 0.05) is 38.2 Å². The summed E-state index contributed by atoms with van der Waals surface area (Å²) in [6, 6.07) is 10.1. The SMILES string of the molecule is Cc1cc(C)c2c(OCC(=O)NCc3cccc(Cn4ccnc4)c3)nn(C)c2n1. The maximum atomic E-state index is 12.3. The Morgan fingerprint density at radius 2 is 2.03 bits per heavy atom. The summed E-state index contributed by atoms with van der Waals surface area (Å²) in [5.74, 6) is 0.224. The number of aryl methyl sites for hydroxylation is 3. The van der Waals surface area contributed by atoms with E-state index in [-0.39, 0.29) is 12.5 Å². The summed E-state index contributed by atoms with van der Waals surface area (Å²) in [7, 11) is 1.82. The molecule has 1 aromatic carbocycles. The van der Waals surface area contributed by atoms with E-state index in [1.54, 1.807) is 17.2 Å². The molecule has 30 heavy (non-hydrogen) atoms. The predicted octanol–water partition coefficient (Wildman–Crippen LogP) is 2.53. The molecule has 4 aromatic rings. The fraction of sp³-hybridized carbons (Fsp3) is 0.273. The molecule has 8 nitrogen and oxygen atoms in total. The number of amides is 1. The Morgan fingerprint density at radius 1 is 1.20 bits per heavy atom. The van der Waals surface area contributed by atoms with Gasteiger partial charge >= 0.3 is 0 Å². The molecule has 0 aliphatic heterocycles. The zero-order valence-corrected chi connectivity index (χ0v) is 17.3. The molecule has 4 rings (SSSR count). The molecule has 0 atom stereocenters. The number of benzene rings is 1. The van der Waals surface area contributed by atoms with Gasteiger partial charge in [0.1, 0.15) is 0 Å². The zero-order chi connectivity index (χ0) is 21.1. The van der Waals surface area contributed by atoms with E-state index in [0.717, 1.165) is 40.0 Å². The first kappa shape index (κ1) is 19.6. The lowest BCUT2D eigenvalue weighted by atomic mass is 10.1. The average Bonchev–Trinajstić information content (AvgIpc) is 3.33. The van der Waals surface area contributed by atoms with Crippen LogP contribution in [0.1, 0.15) is 22.4 Å². The number of carbonyl (C=O) groups excluding carboxylic acids is 1. The summed E-state index contributed by atoms with van der Waals surface area (Å²) in [6.45, 7) is 5.00. The van der Waals surface area contributed by atoms with Crippen LogP contribution in [0.25, 0.3) is 11.0 Å². The van der Waals surface area contributed by atoms with Gasteiger partial charge in [0.05, 0.1) is 11.7 Å². The number of nitrogens with one attached hydrogen (secondary N) is 1. The van der Waals surface area contributed by atoms with Crippen molar-refractivity contribution < 1.29 is 9.53 Å². The number of imidazole rings is 1. The second-order valence-corrected chi connectivity index (χ2v) is 7.33. The molecule has 3 heterocycles. The Labute approximate surface area is 174 Å². The molecule has 0 unspecified atom stereocenters. The number of ether oxygens (including phenoxy) is 1. The van der Waals surface area contributed by atoms with Crippen LogP contribution in [-0.4, -0.2) is 36.8 Å². The van der Waals surface area contributed by atoms with Crippen LogP contribution < -0.4 is 10.1 Å². The molecule has 0 fully saturated rings. The van der Waals surface area contributed by atoms with Crippen molar-refractivity contribution in [3.63, 3.8) is 0 Å². The van der Waals surface area contributed by atoms with E-state index in [1.165, 1.54) is 0 Å². The van der Waals surface area contributed by atoms with E-state index in [4.69, 9.17) is 4.74 Å². The highest BCUT2D eigenvalue weighted by Gasteiger charge is 2.15. The molecular formula is C22H24N6O2. The Hall–Kier alpha value is -3.68. The van der Waals surface area contributed by atoms with Crippen molar-refractivity contribution in [3.8, 4) is 5.88 Å². The van der Waals surface area contributed by atoms with Gasteiger partial charge in [0.25, 0.3) is 5.91 Å². The minimum Gasteiger partial charge on any atom is -0.466 e. The molecule has 1 N–H and O–H groups in total. The average molecular weight is 404 g/mol. The van der Waals surface area contributed by atoms with Gasteiger partial charge in [-0.25, -0.2) is 14.6 Å². The molecule has 0 saturated heterocycles. The molecule has 3 aromatic heterocycles. The number of pyridine rings is 1. The molecule has 0 aliphatic carbocycles. The van der Waals surface area contributed by atoms with Crippen LogP contribution in [0.2, 0.25) is 0 Å². The normalized spacial score (nSPS) is 11.0. The van der Waals surface area contributed by atoms with E-state index in [1.807, 2.05) is 49.9 Å². The van der Waals surface area contributed by atoms with Crippen LogP contribution in [0.5, 0.6) is 5.88 Å². The number of carbonyl (C=O) groups is 1. The van der Waals surface area contributed by atoms with Crippen molar-refractivity contribution >= 4 is 16.9 Å². The fourth-order valence-corrected chi connectivity index (χ4v) is 3.46. The number of rotatable bonds is 7. The van der Waals surface area contributed by atoms with Gasteiger partial charge in [-0.1, -0.05) is 24.3 Å². The summed E-state index contributed by atoms with van der Waals surface area (Å²) in [5, 5.41) is 8.11. The lowest BCUT2D eigenvalue weighted by Crippen LogP contribution is -2.28. The van der Waals surface area contributed by atoms with Gasteiger partial charge in [-0.15, -0.1) is 5.10 Å². The van der Waals surface area contributed by atoms with Crippen LogP contribution >= 0.6 is 0 Å². The van der Waals surface area contributed by atoms with Crippen LogP contribution in [0.3, 0.4) is 0 Å². The minimum absolute atomic E-state index is 0.103. The Bertz CT molecular complexity index is 1180. The predicted molar refractivity (Wildman–Crippen MR) is 113 cm³/mol. The lowest BCUT2D eigenvalue weighted by Gasteiger charge is -2.09. The Morgan fingerprint density at radius 3 is 2.83 bits per heavy atom. The first-order valence-corrected chi connectivity index (χ1v) is 9.73. The molecule has 0 saturated carbocycles. The lowest BCUT2D eigenvalue weighted by molar-refractivity contribution is -0.123. The largest absolute Gasteiger partial charge is 0.466 e. The van der Waals surface area contributed by atoms with Crippen molar-refractivity contribution in [2.75, 3.05) is 6.61 Å². The molecule has 0 bridgehead atoms.